The first-order valence-electron chi connectivity index (χ1n) is 12.4. The minimum atomic E-state index is 0.0956. The van der Waals surface area contributed by atoms with Gasteiger partial charge >= 0.3 is 0 Å². The van der Waals surface area contributed by atoms with Gasteiger partial charge in [0.1, 0.15) is 5.82 Å². The Morgan fingerprint density at radius 1 is 1.19 bits per heavy atom. The topological polar surface area (TPSA) is 53.4 Å². The molecule has 1 aliphatic heterocycles. The molecule has 6 heteroatoms. The number of rotatable bonds is 9. The Hall–Kier alpha value is -1.76. The number of aromatic nitrogens is 2. The minimum Gasteiger partial charge on any atom is -0.309 e. The zero-order valence-electron chi connectivity index (χ0n) is 21.2. The van der Waals surface area contributed by atoms with Crippen molar-refractivity contribution in [1.82, 2.24) is 24.7 Å². The van der Waals surface area contributed by atoms with E-state index in [1.807, 2.05) is 10.6 Å². The molecule has 2 aromatic rings. The highest BCUT2D eigenvalue weighted by molar-refractivity contribution is 5.78. The molecule has 3 rings (SSSR count). The van der Waals surface area contributed by atoms with Gasteiger partial charge in [0.15, 0.2) is 0 Å². The number of fused-ring (bicyclic) bond motifs is 1. The first-order chi connectivity index (χ1) is 15.2. The quantitative estimate of drug-likeness (QED) is 0.637. The normalized spacial score (nSPS) is 21.0. The molecule has 0 radical (unpaired) electrons. The van der Waals surface area contributed by atoms with E-state index in [0.29, 0.717) is 24.5 Å². The summed E-state index contributed by atoms with van der Waals surface area (Å²) in [6, 6.07) is 7.28. The average molecular weight is 442 g/mol. The molecule has 0 saturated carbocycles. The largest absolute Gasteiger partial charge is 0.309 e. The lowest BCUT2D eigenvalue weighted by atomic mass is 10.0. The smallest absolute Gasteiger partial charge is 0.261 e. The summed E-state index contributed by atoms with van der Waals surface area (Å²) in [5.41, 5.74) is 2.09. The van der Waals surface area contributed by atoms with Crippen LogP contribution in [0.4, 0.5) is 0 Å². The summed E-state index contributed by atoms with van der Waals surface area (Å²) in [6.45, 7) is 17.7. The van der Waals surface area contributed by atoms with Crippen molar-refractivity contribution >= 4 is 10.9 Å². The second-order valence-electron chi connectivity index (χ2n) is 10.2. The summed E-state index contributed by atoms with van der Waals surface area (Å²) in [5.74, 6) is 1.55. The third-order valence-electron chi connectivity index (χ3n) is 6.38. The van der Waals surface area contributed by atoms with Crippen LogP contribution in [0.5, 0.6) is 0 Å². The predicted octanol–water partition coefficient (Wildman–Crippen LogP) is 4.03. The van der Waals surface area contributed by atoms with Gasteiger partial charge in [-0.05, 0) is 57.9 Å². The predicted molar refractivity (Wildman–Crippen MR) is 134 cm³/mol. The Balaban J connectivity index is 2.01. The van der Waals surface area contributed by atoms with E-state index < -0.39 is 0 Å². The van der Waals surface area contributed by atoms with Crippen LogP contribution < -0.4 is 10.9 Å². The molecule has 0 bridgehead atoms. The fraction of sp³-hybridized carbons (Fsp3) is 0.692. The first-order valence-corrected chi connectivity index (χ1v) is 12.4. The van der Waals surface area contributed by atoms with Gasteiger partial charge in [0.25, 0.3) is 5.56 Å². The Morgan fingerprint density at radius 3 is 2.47 bits per heavy atom. The molecule has 1 aromatic heterocycles. The molecule has 32 heavy (non-hydrogen) atoms. The van der Waals surface area contributed by atoms with Crippen molar-refractivity contribution in [3.8, 4) is 0 Å². The number of hydrogen-bond acceptors (Lipinski definition) is 5. The zero-order chi connectivity index (χ0) is 23.4. The Bertz CT molecular complexity index is 943. The maximum Gasteiger partial charge on any atom is 0.261 e. The molecule has 178 valence electrons. The molecule has 0 aliphatic carbocycles. The molecule has 0 amide bonds. The first kappa shape index (κ1) is 24.9. The highest BCUT2D eigenvalue weighted by Crippen LogP contribution is 2.27. The van der Waals surface area contributed by atoms with Crippen LogP contribution in [0, 0.1) is 5.92 Å². The molecular formula is C26H43N5O. The van der Waals surface area contributed by atoms with Crippen molar-refractivity contribution in [2.24, 2.45) is 5.92 Å². The molecule has 1 saturated heterocycles. The fourth-order valence-corrected chi connectivity index (χ4v) is 5.32. The van der Waals surface area contributed by atoms with Crippen LogP contribution in [0.25, 0.3) is 10.9 Å². The standard InChI is InChI=1S/C26H43N5O/c1-8-10-24(30-15-19(5)27-20(6)16-30)25-28-23-12-11-21(17-29(7)14-18(3)4)13-22(23)26(32)31(25)9-2/h11-13,18-20,24,27H,8-10,14-17H2,1-7H3/t19-,20+,24?. The highest BCUT2D eigenvalue weighted by Gasteiger charge is 2.30. The number of nitrogens with one attached hydrogen (secondary N) is 1. The van der Waals surface area contributed by atoms with Crippen molar-refractivity contribution in [1.29, 1.82) is 0 Å². The lowest BCUT2D eigenvalue weighted by Crippen LogP contribution is -2.55. The van der Waals surface area contributed by atoms with Crippen LogP contribution in [0.15, 0.2) is 23.0 Å². The van der Waals surface area contributed by atoms with Gasteiger partial charge < -0.3 is 10.2 Å². The van der Waals surface area contributed by atoms with Gasteiger partial charge in [0.2, 0.25) is 0 Å². The summed E-state index contributed by atoms with van der Waals surface area (Å²) in [7, 11) is 2.14. The molecular weight excluding hydrogens is 398 g/mol. The van der Waals surface area contributed by atoms with Gasteiger partial charge in [-0.25, -0.2) is 4.98 Å². The zero-order valence-corrected chi connectivity index (χ0v) is 21.2. The number of piperazine rings is 1. The van der Waals surface area contributed by atoms with Gasteiger partial charge in [-0.2, -0.15) is 0 Å². The van der Waals surface area contributed by atoms with E-state index in [1.54, 1.807) is 0 Å². The SMILES string of the molecule is CCCC(c1nc2ccc(CN(C)CC(C)C)cc2c(=O)n1CC)N1C[C@@H](C)N[C@@H](C)C1. The second-order valence-corrected chi connectivity index (χ2v) is 10.2. The van der Waals surface area contributed by atoms with Gasteiger partial charge in [0.05, 0.1) is 16.9 Å². The second kappa shape index (κ2) is 10.9. The van der Waals surface area contributed by atoms with Gasteiger partial charge in [0, 0.05) is 44.8 Å². The van der Waals surface area contributed by atoms with E-state index >= 15 is 0 Å². The summed E-state index contributed by atoms with van der Waals surface area (Å²) >= 11 is 0. The van der Waals surface area contributed by atoms with Crippen molar-refractivity contribution in [2.45, 2.75) is 85.6 Å². The number of hydrogen-bond donors (Lipinski definition) is 1. The van der Waals surface area contributed by atoms with E-state index in [-0.39, 0.29) is 11.6 Å². The van der Waals surface area contributed by atoms with E-state index in [0.717, 1.165) is 55.7 Å². The Kier molecular flexibility index (Phi) is 8.48. The van der Waals surface area contributed by atoms with E-state index in [4.69, 9.17) is 4.98 Å². The highest BCUT2D eigenvalue weighted by atomic mass is 16.1. The van der Waals surface area contributed by atoms with Crippen molar-refractivity contribution < 1.29 is 0 Å². The van der Waals surface area contributed by atoms with Crippen molar-refractivity contribution in [2.75, 3.05) is 26.7 Å². The van der Waals surface area contributed by atoms with Gasteiger partial charge in [-0.15, -0.1) is 0 Å². The monoisotopic (exact) mass is 441 g/mol. The Morgan fingerprint density at radius 2 is 1.88 bits per heavy atom. The van der Waals surface area contributed by atoms with Crippen LogP contribution in [-0.2, 0) is 13.1 Å². The van der Waals surface area contributed by atoms with Crippen LogP contribution in [-0.4, -0.2) is 58.1 Å². The van der Waals surface area contributed by atoms with Crippen molar-refractivity contribution in [3.63, 3.8) is 0 Å². The molecule has 1 fully saturated rings. The molecule has 1 aliphatic rings. The maximum absolute atomic E-state index is 13.6. The third-order valence-corrected chi connectivity index (χ3v) is 6.38. The molecule has 1 aromatic carbocycles. The summed E-state index contributed by atoms with van der Waals surface area (Å²) < 4.78 is 1.92. The lowest BCUT2D eigenvalue weighted by molar-refractivity contribution is 0.109. The molecule has 0 spiro atoms. The van der Waals surface area contributed by atoms with Gasteiger partial charge in [-0.3, -0.25) is 14.3 Å². The van der Waals surface area contributed by atoms with E-state index in [1.165, 1.54) is 5.56 Å². The number of benzene rings is 1. The van der Waals surface area contributed by atoms with Crippen molar-refractivity contribution in [3.05, 3.63) is 39.9 Å². The average Bonchev–Trinajstić information content (AvgIpc) is 2.71. The fourth-order valence-electron chi connectivity index (χ4n) is 5.32. The van der Waals surface area contributed by atoms with Gasteiger partial charge in [-0.1, -0.05) is 33.3 Å². The van der Waals surface area contributed by atoms with E-state index in [2.05, 4.69) is 75.8 Å². The lowest BCUT2D eigenvalue weighted by Gasteiger charge is -2.41. The van der Waals surface area contributed by atoms with Crippen LogP contribution in [0.1, 0.15) is 71.8 Å². The Labute approximate surface area is 194 Å². The third kappa shape index (κ3) is 5.77. The summed E-state index contributed by atoms with van der Waals surface area (Å²) in [5, 5.41) is 4.37. The minimum absolute atomic E-state index is 0.0956. The molecule has 1 N–H and O–H groups in total. The van der Waals surface area contributed by atoms with Crippen LogP contribution >= 0.6 is 0 Å². The van der Waals surface area contributed by atoms with E-state index in [9.17, 15) is 4.79 Å². The summed E-state index contributed by atoms with van der Waals surface area (Å²) in [6.07, 6.45) is 2.07. The molecule has 2 heterocycles. The maximum atomic E-state index is 13.6. The molecule has 6 nitrogen and oxygen atoms in total. The number of nitrogens with zero attached hydrogens (tertiary/aromatic N) is 4. The van der Waals surface area contributed by atoms with Crippen LogP contribution in [0.2, 0.25) is 0 Å². The molecule has 3 atom stereocenters. The summed E-state index contributed by atoms with van der Waals surface area (Å²) in [4.78, 5) is 23.5. The molecule has 1 unspecified atom stereocenters. The van der Waals surface area contributed by atoms with Crippen LogP contribution in [0.3, 0.4) is 0 Å².